The molecule has 1 atom stereocenters. The minimum Gasteiger partial charge on any atom is -0.364 e. The van der Waals surface area contributed by atoms with Crippen LogP contribution in [0.15, 0.2) is 0 Å². The molecule has 8 heavy (non-hydrogen) atoms. The SMILES string of the molecule is C1CC2COCN2C1. The topological polar surface area (TPSA) is 12.5 Å². The number of ether oxygens (including phenoxy) is 1. The first-order valence-corrected chi connectivity index (χ1v) is 3.28. The largest absolute Gasteiger partial charge is 0.364 e. The summed E-state index contributed by atoms with van der Waals surface area (Å²) in [7, 11) is 0. The smallest absolute Gasteiger partial charge is 0.0994 e. The maximum Gasteiger partial charge on any atom is 0.0994 e. The van der Waals surface area contributed by atoms with Gasteiger partial charge >= 0.3 is 0 Å². The Morgan fingerprint density at radius 3 is 3.38 bits per heavy atom. The first kappa shape index (κ1) is 4.77. The molecular formula is C6H11NO. The van der Waals surface area contributed by atoms with Crippen molar-refractivity contribution in [2.45, 2.75) is 18.9 Å². The Bertz CT molecular complexity index is 74.5. The summed E-state index contributed by atoms with van der Waals surface area (Å²) in [5.41, 5.74) is 0. The molecule has 2 heterocycles. The van der Waals surface area contributed by atoms with E-state index in [1.54, 1.807) is 0 Å². The zero-order valence-corrected chi connectivity index (χ0v) is 4.97. The monoisotopic (exact) mass is 113 g/mol. The Kier molecular flexibility index (Phi) is 1.02. The van der Waals surface area contributed by atoms with Crippen LogP contribution in [0.4, 0.5) is 0 Å². The fourth-order valence-corrected chi connectivity index (χ4v) is 1.56. The van der Waals surface area contributed by atoms with Gasteiger partial charge in [0.05, 0.1) is 13.3 Å². The molecule has 0 N–H and O–H groups in total. The van der Waals surface area contributed by atoms with E-state index >= 15 is 0 Å². The molecule has 2 aliphatic heterocycles. The standard InChI is InChI=1S/C6H11NO/c1-2-6-4-8-5-7(6)3-1/h6H,1-5H2. The molecule has 1 unspecified atom stereocenters. The molecule has 2 heteroatoms. The second kappa shape index (κ2) is 1.71. The van der Waals surface area contributed by atoms with Crippen LogP contribution >= 0.6 is 0 Å². The van der Waals surface area contributed by atoms with Gasteiger partial charge < -0.3 is 4.74 Å². The van der Waals surface area contributed by atoms with E-state index in [0.717, 1.165) is 19.4 Å². The second-order valence-electron chi connectivity index (χ2n) is 2.61. The van der Waals surface area contributed by atoms with Gasteiger partial charge in [-0.1, -0.05) is 0 Å². The first-order chi connectivity index (χ1) is 3.97. The van der Waals surface area contributed by atoms with E-state index in [-0.39, 0.29) is 0 Å². The summed E-state index contributed by atoms with van der Waals surface area (Å²) in [5, 5.41) is 0. The molecule has 2 nitrogen and oxygen atoms in total. The van der Waals surface area contributed by atoms with Gasteiger partial charge in [-0.05, 0) is 12.8 Å². The molecule has 0 bridgehead atoms. The number of rotatable bonds is 0. The van der Waals surface area contributed by atoms with Crippen LogP contribution in [-0.4, -0.2) is 30.8 Å². The van der Waals surface area contributed by atoms with Crippen molar-refractivity contribution in [3.05, 3.63) is 0 Å². The van der Waals surface area contributed by atoms with Crippen LogP contribution < -0.4 is 0 Å². The van der Waals surface area contributed by atoms with Crippen LogP contribution in [0.1, 0.15) is 12.8 Å². The predicted molar refractivity (Wildman–Crippen MR) is 30.5 cm³/mol. The van der Waals surface area contributed by atoms with Crippen LogP contribution in [-0.2, 0) is 4.74 Å². The van der Waals surface area contributed by atoms with Crippen molar-refractivity contribution in [3.8, 4) is 0 Å². The molecule has 0 aromatic rings. The highest BCUT2D eigenvalue weighted by atomic mass is 16.5. The third-order valence-corrected chi connectivity index (χ3v) is 2.07. The Balaban J connectivity index is 2.04. The average Bonchev–Trinajstić information content (AvgIpc) is 2.15. The van der Waals surface area contributed by atoms with Crippen LogP contribution in [0.2, 0.25) is 0 Å². The van der Waals surface area contributed by atoms with Crippen molar-refractivity contribution in [3.63, 3.8) is 0 Å². The van der Waals surface area contributed by atoms with E-state index in [4.69, 9.17) is 4.74 Å². The van der Waals surface area contributed by atoms with Gasteiger partial charge in [-0.15, -0.1) is 0 Å². The summed E-state index contributed by atoms with van der Waals surface area (Å²) in [4.78, 5) is 2.42. The third-order valence-electron chi connectivity index (χ3n) is 2.07. The van der Waals surface area contributed by atoms with E-state index < -0.39 is 0 Å². The van der Waals surface area contributed by atoms with Crippen molar-refractivity contribution in [2.75, 3.05) is 19.9 Å². The van der Waals surface area contributed by atoms with Crippen molar-refractivity contribution < 1.29 is 4.74 Å². The van der Waals surface area contributed by atoms with Gasteiger partial charge in [-0.2, -0.15) is 0 Å². The lowest BCUT2D eigenvalue weighted by Crippen LogP contribution is -2.23. The molecule has 2 rings (SSSR count). The Hall–Kier alpha value is -0.0800. The molecule has 0 aromatic heterocycles. The molecule has 0 radical (unpaired) electrons. The molecule has 2 aliphatic rings. The average molecular weight is 113 g/mol. The molecule has 0 amide bonds. The highest BCUT2D eigenvalue weighted by Crippen LogP contribution is 2.21. The summed E-state index contributed by atoms with van der Waals surface area (Å²) >= 11 is 0. The number of nitrogens with zero attached hydrogens (tertiary/aromatic N) is 1. The minimum absolute atomic E-state index is 0.787. The van der Waals surface area contributed by atoms with Gasteiger partial charge in [0.25, 0.3) is 0 Å². The normalized spacial score (nSPS) is 38.2. The summed E-state index contributed by atoms with van der Waals surface area (Å²) in [6, 6.07) is 0.787. The maximum atomic E-state index is 5.24. The van der Waals surface area contributed by atoms with Crippen LogP contribution in [0.3, 0.4) is 0 Å². The highest BCUT2D eigenvalue weighted by molar-refractivity contribution is 4.80. The summed E-state index contributed by atoms with van der Waals surface area (Å²) in [5.74, 6) is 0. The Morgan fingerprint density at radius 2 is 2.50 bits per heavy atom. The fraction of sp³-hybridized carbons (Fsp3) is 1.00. The third kappa shape index (κ3) is 0.565. The molecule has 0 aromatic carbocycles. The van der Waals surface area contributed by atoms with Gasteiger partial charge in [-0.25, -0.2) is 0 Å². The minimum atomic E-state index is 0.787. The van der Waals surface area contributed by atoms with Gasteiger partial charge in [-0.3, -0.25) is 4.90 Å². The maximum absolute atomic E-state index is 5.24. The quantitative estimate of drug-likeness (QED) is 0.452. The Morgan fingerprint density at radius 1 is 1.50 bits per heavy atom. The van der Waals surface area contributed by atoms with Gasteiger partial charge in [0.1, 0.15) is 0 Å². The number of hydrogen-bond donors (Lipinski definition) is 0. The molecule has 0 saturated carbocycles. The lowest BCUT2D eigenvalue weighted by atomic mass is 10.2. The highest BCUT2D eigenvalue weighted by Gasteiger charge is 2.28. The van der Waals surface area contributed by atoms with Crippen LogP contribution in [0.5, 0.6) is 0 Å². The molecule has 0 spiro atoms. The second-order valence-corrected chi connectivity index (χ2v) is 2.61. The van der Waals surface area contributed by atoms with Crippen molar-refractivity contribution in [1.82, 2.24) is 4.90 Å². The zero-order valence-electron chi connectivity index (χ0n) is 4.97. The zero-order chi connectivity index (χ0) is 5.40. The van der Waals surface area contributed by atoms with Crippen molar-refractivity contribution in [2.24, 2.45) is 0 Å². The summed E-state index contributed by atoms with van der Waals surface area (Å²) < 4.78 is 5.24. The molecular weight excluding hydrogens is 102 g/mol. The molecule has 46 valence electrons. The van der Waals surface area contributed by atoms with Crippen LogP contribution in [0.25, 0.3) is 0 Å². The van der Waals surface area contributed by atoms with E-state index in [9.17, 15) is 0 Å². The fourth-order valence-electron chi connectivity index (χ4n) is 1.56. The van der Waals surface area contributed by atoms with Gasteiger partial charge in [0.15, 0.2) is 0 Å². The predicted octanol–water partition coefficient (Wildman–Crippen LogP) is 0.439. The van der Waals surface area contributed by atoms with Gasteiger partial charge in [0.2, 0.25) is 0 Å². The van der Waals surface area contributed by atoms with E-state index in [0.29, 0.717) is 0 Å². The number of hydrogen-bond acceptors (Lipinski definition) is 2. The van der Waals surface area contributed by atoms with Crippen molar-refractivity contribution >= 4 is 0 Å². The van der Waals surface area contributed by atoms with E-state index in [2.05, 4.69) is 4.90 Å². The lowest BCUT2D eigenvalue weighted by molar-refractivity contribution is 0.143. The molecule has 0 aliphatic carbocycles. The van der Waals surface area contributed by atoms with E-state index in [1.807, 2.05) is 0 Å². The molecule has 2 fully saturated rings. The summed E-state index contributed by atoms with van der Waals surface area (Å²) in [6.07, 6.45) is 2.74. The molecule has 2 saturated heterocycles. The van der Waals surface area contributed by atoms with Crippen LogP contribution in [0, 0.1) is 0 Å². The van der Waals surface area contributed by atoms with Gasteiger partial charge in [0, 0.05) is 12.6 Å². The Labute approximate surface area is 49.4 Å². The summed E-state index contributed by atoms with van der Waals surface area (Å²) in [6.45, 7) is 3.15. The van der Waals surface area contributed by atoms with E-state index in [1.165, 1.54) is 19.4 Å². The van der Waals surface area contributed by atoms with Crippen molar-refractivity contribution in [1.29, 1.82) is 0 Å². The lowest BCUT2D eigenvalue weighted by Gasteiger charge is -2.08. The number of fused-ring (bicyclic) bond motifs is 1. The first-order valence-electron chi connectivity index (χ1n) is 3.28.